The van der Waals surface area contributed by atoms with Crippen molar-refractivity contribution in [3.8, 4) is 0 Å². The summed E-state index contributed by atoms with van der Waals surface area (Å²) in [6, 6.07) is 0. The van der Waals surface area contributed by atoms with Crippen LogP contribution in [0.3, 0.4) is 0 Å². The van der Waals surface area contributed by atoms with Gasteiger partial charge < -0.3 is 0 Å². The van der Waals surface area contributed by atoms with Crippen LogP contribution in [0.15, 0.2) is 23.3 Å². The Morgan fingerprint density at radius 3 is 3.00 bits per heavy atom. The van der Waals surface area contributed by atoms with Crippen LogP contribution < -0.4 is 0 Å². The molecule has 1 saturated carbocycles. The lowest BCUT2D eigenvalue weighted by molar-refractivity contribution is 0.791. The van der Waals surface area contributed by atoms with Gasteiger partial charge in [-0.15, -0.1) is 0 Å². The van der Waals surface area contributed by atoms with E-state index in [4.69, 9.17) is 0 Å². The summed E-state index contributed by atoms with van der Waals surface area (Å²) in [6.45, 7) is 4.47. The number of thiol groups is 1. The lowest BCUT2D eigenvalue weighted by atomic mass is 10.0. The average Bonchev–Trinajstić information content (AvgIpc) is 2.55. The molecule has 0 spiro atoms. The average molecular weight is 180 g/mol. The van der Waals surface area contributed by atoms with Crippen molar-refractivity contribution in [2.75, 3.05) is 0 Å². The third kappa shape index (κ3) is 1.15. The van der Waals surface area contributed by atoms with Crippen molar-refractivity contribution in [2.24, 2.45) is 5.92 Å². The van der Waals surface area contributed by atoms with Crippen LogP contribution in [0.5, 0.6) is 0 Å². The predicted molar refractivity (Wildman–Crippen MR) is 56.6 cm³/mol. The smallest absolute Gasteiger partial charge is 0.0385 e. The molecule has 0 aromatic heterocycles. The molecule has 0 radical (unpaired) electrons. The molecule has 2 atom stereocenters. The zero-order valence-corrected chi connectivity index (χ0v) is 8.70. The molecule has 0 nitrogen and oxygen atoms in total. The van der Waals surface area contributed by atoms with Gasteiger partial charge in [-0.05, 0) is 25.3 Å². The highest BCUT2D eigenvalue weighted by Gasteiger charge is 2.53. The first-order chi connectivity index (χ1) is 5.66. The quantitative estimate of drug-likeness (QED) is 0.619. The molecule has 2 aliphatic rings. The highest BCUT2D eigenvalue weighted by molar-refractivity contribution is 7.82. The molecule has 2 unspecified atom stereocenters. The second kappa shape index (κ2) is 2.66. The van der Waals surface area contributed by atoms with E-state index in [1.54, 1.807) is 5.57 Å². The van der Waals surface area contributed by atoms with E-state index >= 15 is 0 Å². The molecule has 12 heavy (non-hydrogen) atoms. The van der Waals surface area contributed by atoms with E-state index in [2.05, 4.69) is 38.6 Å². The highest BCUT2D eigenvalue weighted by Crippen LogP contribution is 2.59. The third-order valence-electron chi connectivity index (χ3n) is 3.05. The van der Waals surface area contributed by atoms with Gasteiger partial charge in [0.05, 0.1) is 0 Å². The van der Waals surface area contributed by atoms with Crippen molar-refractivity contribution >= 4 is 12.6 Å². The van der Waals surface area contributed by atoms with E-state index in [1.807, 2.05) is 0 Å². The van der Waals surface area contributed by atoms with Crippen LogP contribution in [-0.4, -0.2) is 4.75 Å². The van der Waals surface area contributed by atoms with Crippen LogP contribution in [0, 0.1) is 5.92 Å². The van der Waals surface area contributed by atoms with E-state index in [0.29, 0.717) is 0 Å². The number of allylic oxidation sites excluding steroid dienone is 3. The molecule has 0 amide bonds. The molecule has 0 saturated heterocycles. The van der Waals surface area contributed by atoms with Gasteiger partial charge in [0.1, 0.15) is 0 Å². The molecule has 0 bridgehead atoms. The third-order valence-corrected chi connectivity index (χ3v) is 3.62. The summed E-state index contributed by atoms with van der Waals surface area (Å²) < 4.78 is 0.228. The van der Waals surface area contributed by atoms with Gasteiger partial charge in [0.15, 0.2) is 0 Å². The van der Waals surface area contributed by atoms with Crippen LogP contribution in [0.4, 0.5) is 0 Å². The number of fused-ring (bicyclic) bond motifs is 1. The van der Waals surface area contributed by atoms with Crippen LogP contribution in [-0.2, 0) is 0 Å². The molecule has 0 N–H and O–H groups in total. The topological polar surface area (TPSA) is 0 Å². The molecular formula is C11H16S. The first-order valence-electron chi connectivity index (χ1n) is 4.79. The number of rotatable bonds is 2. The van der Waals surface area contributed by atoms with E-state index in [-0.39, 0.29) is 4.75 Å². The van der Waals surface area contributed by atoms with E-state index in [1.165, 1.54) is 24.8 Å². The van der Waals surface area contributed by atoms with E-state index in [9.17, 15) is 0 Å². The molecule has 0 aromatic rings. The van der Waals surface area contributed by atoms with Gasteiger partial charge in [0.25, 0.3) is 0 Å². The second-order valence-electron chi connectivity index (χ2n) is 4.06. The summed E-state index contributed by atoms with van der Waals surface area (Å²) in [6.07, 6.45) is 8.47. The van der Waals surface area contributed by atoms with Crippen LogP contribution >= 0.6 is 12.6 Å². The van der Waals surface area contributed by atoms with Gasteiger partial charge in [-0.1, -0.05) is 31.1 Å². The first kappa shape index (κ1) is 8.43. The van der Waals surface area contributed by atoms with Gasteiger partial charge in [0.2, 0.25) is 0 Å². The minimum absolute atomic E-state index is 0.228. The predicted octanol–water partition coefficient (Wildman–Crippen LogP) is 3.36. The minimum atomic E-state index is 0.228. The Balaban J connectivity index is 2.10. The van der Waals surface area contributed by atoms with Crippen molar-refractivity contribution in [3.63, 3.8) is 0 Å². The summed E-state index contributed by atoms with van der Waals surface area (Å²) in [5.41, 5.74) is 3.10. The Kier molecular flexibility index (Phi) is 1.87. The maximum atomic E-state index is 4.63. The maximum Gasteiger partial charge on any atom is 0.0385 e. The molecule has 1 heteroatoms. The summed E-state index contributed by atoms with van der Waals surface area (Å²) in [7, 11) is 0. The van der Waals surface area contributed by atoms with Crippen molar-refractivity contribution in [2.45, 2.75) is 37.9 Å². The Morgan fingerprint density at radius 1 is 1.67 bits per heavy atom. The Morgan fingerprint density at radius 2 is 2.42 bits per heavy atom. The lowest BCUT2D eigenvalue weighted by Gasteiger charge is -2.02. The molecule has 0 aromatic carbocycles. The van der Waals surface area contributed by atoms with Crippen molar-refractivity contribution in [3.05, 3.63) is 23.3 Å². The van der Waals surface area contributed by atoms with Crippen LogP contribution in [0.2, 0.25) is 0 Å². The van der Waals surface area contributed by atoms with Gasteiger partial charge in [-0.2, -0.15) is 12.6 Å². The zero-order valence-electron chi connectivity index (χ0n) is 7.80. The largest absolute Gasteiger partial charge is 0.168 e. The molecule has 1 fully saturated rings. The van der Waals surface area contributed by atoms with Crippen molar-refractivity contribution < 1.29 is 0 Å². The lowest BCUT2D eigenvalue weighted by Crippen LogP contribution is -1.92. The Bertz CT molecular complexity index is 258. The normalized spacial score (nSPS) is 38.4. The zero-order chi connectivity index (χ0) is 8.77. The summed E-state index contributed by atoms with van der Waals surface area (Å²) in [4.78, 5) is 0. The van der Waals surface area contributed by atoms with Gasteiger partial charge in [-0.25, -0.2) is 0 Å². The highest BCUT2D eigenvalue weighted by atomic mass is 32.1. The second-order valence-corrected chi connectivity index (χ2v) is 4.99. The molecule has 2 rings (SSSR count). The summed E-state index contributed by atoms with van der Waals surface area (Å²) in [5, 5.41) is 0. The molecule has 2 aliphatic carbocycles. The monoisotopic (exact) mass is 180 g/mol. The van der Waals surface area contributed by atoms with Crippen molar-refractivity contribution in [1.82, 2.24) is 0 Å². The molecule has 66 valence electrons. The maximum absolute atomic E-state index is 4.63. The molecule has 0 heterocycles. The molecule has 0 aliphatic heterocycles. The Hall–Kier alpha value is -0.170. The summed E-state index contributed by atoms with van der Waals surface area (Å²) >= 11 is 4.63. The Labute approximate surface area is 80.2 Å². The fourth-order valence-corrected chi connectivity index (χ4v) is 2.53. The van der Waals surface area contributed by atoms with Gasteiger partial charge in [-0.3, -0.25) is 0 Å². The van der Waals surface area contributed by atoms with Crippen LogP contribution in [0.1, 0.15) is 33.1 Å². The molecular weight excluding hydrogens is 164 g/mol. The van der Waals surface area contributed by atoms with Gasteiger partial charge >= 0.3 is 0 Å². The fraction of sp³-hybridized carbons (Fsp3) is 0.636. The van der Waals surface area contributed by atoms with Crippen LogP contribution in [0.25, 0.3) is 0 Å². The SMILES string of the molecule is CCCC1=CCC2C(=C1)C2(C)S. The standard InChI is InChI=1S/C11H16S/c1-3-4-8-5-6-9-10(7-8)11(9,2)12/h5,7,9,12H,3-4,6H2,1-2H3. The first-order valence-corrected chi connectivity index (χ1v) is 5.24. The number of hydrogen-bond donors (Lipinski definition) is 1. The fourth-order valence-electron chi connectivity index (χ4n) is 2.13. The van der Waals surface area contributed by atoms with E-state index in [0.717, 1.165) is 5.92 Å². The number of hydrogen-bond acceptors (Lipinski definition) is 1. The van der Waals surface area contributed by atoms with Gasteiger partial charge in [0, 0.05) is 10.7 Å². The minimum Gasteiger partial charge on any atom is -0.168 e. The summed E-state index contributed by atoms with van der Waals surface area (Å²) in [5.74, 6) is 0.751. The van der Waals surface area contributed by atoms with E-state index < -0.39 is 0 Å². The van der Waals surface area contributed by atoms with Crippen molar-refractivity contribution in [1.29, 1.82) is 0 Å².